The van der Waals surface area contributed by atoms with Crippen LogP contribution in [0, 0.1) is 0 Å². The van der Waals surface area contributed by atoms with Crippen molar-refractivity contribution in [3.8, 4) is 0 Å². The summed E-state index contributed by atoms with van der Waals surface area (Å²) in [4.78, 5) is 32.2. The average molecular weight is 189 g/mol. The minimum absolute atomic E-state index is 0.0516. The normalized spacial score (nSPS) is 8.77. The Balaban J connectivity index is 4.23. The Kier molecular flexibility index (Phi) is 5.25. The van der Waals surface area contributed by atoms with Gasteiger partial charge in [-0.2, -0.15) is 0 Å². The molecule has 0 fully saturated rings. The van der Waals surface area contributed by atoms with E-state index in [9.17, 15) is 14.4 Å². The van der Waals surface area contributed by atoms with E-state index in [2.05, 4.69) is 9.47 Å². The zero-order valence-electron chi connectivity index (χ0n) is 7.48. The Hall–Kier alpha value is -1.59. The highest BCUT2D eigenvalue weighted by Crippen LogP contribution is 1.94. The fourth-order valence-corrected chi connectivity index (χ4v) is 0.547. The molecule has 13 heavy (non-hydrogen) atoms. The SMILES string of the molecule is CCOC(=O)N(C=O)C(=O)OCC. The first-order valence-corrected chi connectivity index (χ1v) is 3.75. The van der Waals surface area contributed by atoms with Gasteiger partial charge in [0.2, 0.25) is 6.41 Å². The van der Waals surface area contributed by atoms with Crippen LogP contribution in [0.1, 0.15) is 13.8 Å². The number of ether oxygens (including phenoxy) is 2. The van der Waals surface area contributed by atoms with Gasteiger partial charge < -0.3 is 9.47 Å². The van der Waals surface area contributed by atoms with Crippen LogP contribution < -0.4 is 0 Å². The zero-order valence-corrected chi connectivity index (χ0v) is 7.48. The standard InChI is InChI=1S/C7H11NO5/c1-3-12-6(10)8(5-9)7(11)13-4-2/h5H,3-4H2,1-2H3. The van der Waals surface area contributed by atoms with Crippen LogP contribution in [0.4, 0.5) is 9.59 Å². The highest BCUT2D eigenvalue weighted by molar-refractivity contribution is 5.98. The molecule has 6 heteroatoms. The number of carbonyl (C=O) groups excluding carboxylic acids is 3. The van der Waals surface area contributed by atoms with E-state index >= 15 is 0 Å². The summed E-state index contributed by atoms with van der Waals surface area (Å²) >= 11 is 0. The third-order valence-electron chi connectivity index (χ3n) is 1.03. The first-order valence-electron chi connectivity index (χ1n) is 3.75. The van der Waals surface area contributed by atoms with E-state index in [4.69, 9.17) is 0 Å². The molecule has 0 N–H and O–H groups in total. The van der Waals surface area contributed by atoms with Gasteiger partial charge in [0.15, 0.2) is 0 Å². The van der Waals surface area contributed by atoms with E-state index in [1.807, 2.05) is 0 Å². The molecule has 6 nitrogen and oxygen atoms in total. The molecular weight excluding hydrogens is 178 g/mol. The summed E-state index contributed by atoms with van der Waals surface area (Å²) < 4.78 is 8.83. The Labute approximate surface area is 75.4 Å². The smallest absolute Gasteiger partial charge is 0.426 e. The summed E-state index contributed by atoms with van der Waals surface area (Å²) in [7, 11) is 0. The molecule has 3 amide bonds. The van der Waals surface area contributed by atoms with Crippen molar-refractivity contribution < 1.29 is 23.9 Å². The molecule has 0 aromatic rings. The lowest BCUT2D eigenvalue weighted by molar-refractivity contribution is -0.115. The van der Waals surface area contributed by atoms with Crippen molar-refractivity contribution in [1.29, 1.82) is 0 Å². The molecule has 0 aromatic heterocycles. The van der Waals surface area contributed by atoms with E-state index in [1.165, 1.54) is 0 Å². The molecule has 0 radical (unpaired) electrons. The minimum Gasteiger partial charge on any atom is -0.449 e. The molecule has 0 saturated carbocycles. The zero-order chi connectivity index (χ0) is 10.3. The van der Waals surface area contributed by atoms with E-state index in [1.54, 1.807) is 13.8 Å². The van der Waals surface area contributed by atoms with Crippen molar-refractivity contribution >= 4 is 18.6 Å². The summed E-state index contributed by atoms with van der Waals surface area (Å²) in [5, 5.41) is 0. The molecule has 0 aromatic carbocycles. The summed E-state index contributed by atoms with van der Waals surface area (Å²) in [5.74, 6) is 0. The molecule has 0 aliphatic heterocycles. The van der Waals surface area contributed by atoms with Crippen molar-refractivity contribution in [3.05, 3.63) is 0 Å². The van der Waals surface area contributed by atoms with E-state index < -0.39 is 12.2 Å². The molecule has 0 spiro atoms. The molecule has 0 heterocycles. The summed E-state index contributed by atoms with van der Waals surface area (Å²) in [5.41, 5.74) is 0. The molecule has 74 valence electrons. The van der Waals surface area contributed by atoms with Crippen LogP contribution in [0.5, 0.6) is 0 Å². The third kappa shape index (κ3) is 3.55. The first kappa shape index (κ1) is 11.4. The minimum atomic E-state index is -1.03. The number of hydrogen-bond acceptors (Lipinski definition) is 5. The molecule has 0 bridgehead atoms. The molecule has 0 aliphatic carbocycles. The second-order valence-corrected chi connectivity index (χ2v) is 1.87. The lowest BCUT2D eigenvalue weighted by Gasteiger charge is -2.11. The van der Waals surface area contributed by atoms with Gasteiger partial charge in [0.1, 0.15) is 0 Å². The number of nitrogens with zero attached hydrogens (tertiary/aromatic N) is 1. The van der Waals surface area contributed by atoms with Crippen molar-refractivity contribution in [1.82, 2.24) is 4.90 Å². The van der Waals surface area contributed by atoms with Gasteiger partial charge >= 0.3 is 12.2 Å². The summed E-state index contributed by atoms with van der Waals surface area (Å²) in [6.45, 7) is 3.29. The fourth-order valence-electron chi connectivity index (χ4n) is 0.547. The van der Waals surface area contributed by atoms with Gasteiger partial charge in [-0.15, -0.1) is 4.90 Å². The fraction of sp³-hybridized carbons (Fsp3) is 0.571. The maximum atomic E-state index is 10.9. The molecule has 0 rings (SSSR count). The van der Waals surface area contributed by atoms with Crippen LogP contribution in [0.2, 0.25) is 0 Å². The maximum absolute atomic E-state index is 10.9. The van der Waals surface area contributed by atoms with Gasteiger partial charge in [-0.1, -0.05) is 0 Å². The van der Waals surface area contributed by atoms with Crippen molar-refractivity contribution in [2.45, 2.75) is 13.8 Å². The molecule has 0 atom stereocenters. The largest absolute Gasteiger partial charge is 0.449 e. The van der Waals surface area contributed by atoms with Gasteiger partial charge in [0, 0.05) is 0 Å². The Morgan fingerprint density at radius 1 is 1.15 bits per heavy atom. The number of rotatable bonds is 3. The highest BCUT2D eigenvalue weighted by atomic mass is 16.6. The number of carbonyl (C=O) groups is 3. The van der Waals surface area contributed by atoms with Gasteiger partial charge in [0.25, 0.3) is 0 Å². The van der Waals surface area contributed by atoms with Crippen LogP contribution in [0.25, 0.3) is 0 Å². The van der Waals surface area contributed by atoms with Crippen LogP contribution in [0.3, 0.4) is 0 Å². The monoisotopic (exact) mass is 189 g/mol. The molecular formula is C7H11NO5. The number of imide groups is 3. The van der Waals surface area contributed by atoms with Gasteiger partial charge in [-0.25, -0.2) is 9.59 Å². The van der Waals surface area contributed by atoms with Crippen LogP contribution in [-0.4, -0.2) is 36.7 Å². The third-order valence-corrected chi connectivity index (χ3v) is 1.03. The molecule has 0 aliphatic rings. The van der Waals surface area contributed by atoms with Crippen LogP contribution in [-0.2, 0) is 14.3 Å². The predicted octanol–water partition coefficient (Wildman–Crippen LogP) is 0.758. The Bertz CT molecular complexity index is 185. The molecule has 0 saturated heterocycles. The van der Waals surface area contributed by atoms with Gasteiger partial charge in [0.05, 0.1) is 13.2 Å². The van der Waals surface area contributed by atoms with Crippen LogP contribution in [0.15, 0.2) is 0 Å². The molecule has 0 unspecified atom stereocenters. The van der Waals surface area contributed by atoms with Gasteiger partial charge in [-0.3, -0.25) is 4.79 Å². The van der Waals surface area contributed by atoms with Crippen molar-refractivity contribution in [3.63, 3.8) is 0 Å². The van der Waals surface area contributed by atoms with Crippen molar-refractivity contribution in [2.75, 3.05) is 13.2 Å². The Morgan fingerprint density at radius 3 is 1.77 bits per heavy atom. The number of amides is 3. The van der Waals surface area contributed by atoms with E-state index in [0.717, 1.165) is 0 Å². The maximum Gasteiger partial charge on any atom is 0.426 e. The second kappa shape index (κ2) is 5.99. The lowest BCUT2D eigenvalue weighted by atomic mass is 10.8. The van der Waals surface area contributed by atoms with Crippen LogP contribution >= 0.6 is 0 Å². The van der Waals surface area contributed by atoms with E-state index in [0.29, 0.717) is 0 Å². The quantitative estimate of drug-likeness (QED) is 0.612. The topological polar surface area (TPSA) is 72.9 Å². The van der Waals surface area contributed by atoms with Gasteiger partial charge in [-0.05, 0) is 13.8 Å². The average Bonchev–Trinajstić information content (AvgIpc) is 2.06. The first-order chi connectivity index (χ1) is 6.17. The summed E-state index contributed by atoms with van der Waals surface area (Å²) in [6, 6.07) is 0. The number of hydrogen-bond donors (Lipinski definition) is 0. The Morgan fingerprint density at radius 2 is 1.54 bits per heavy atom. The predicted molar refractivity (Wildman–Crippen MR) is 41.9 cm³/mol. The lowest BCUT2D eigenvalue weighted by Crippen LogP contribution is -2.36. The van der Waals surface area contributed by atoms with Crippen molar-refractivity contribution in [2.24, 2.45) is 0 Å². The second-order valence-electron chi connectivity index (χ2n) is 1.87. The van der Waals surface area contributed by atoms with E-state index in [-0.39, 0.29) is 24.5 Å². The summed E-state index contributed by atoms with van der Waals surface area (Å²) in [6.07, 6.45) is -2.01. The highest BCUT2D eigenvalue weighted by Gasteiger charge is 2.22.